The summed E-state index contributed by atoms with van der Waals surface area (Å²) in [6.45, 7) is 4.97. The Morgan fingerprint density at radius 1 is 1.33 bits per heavy atom. The van der Waals surface area contributed by atoms with Crippen molar-refractivity contribution in [2.24, 2.45) is 0 Å². The van der Waals surface area contributed by atoms with Gasteiger partial charge in [-0.15, -0.1) is 0 Å². The standard InChI is InChI=1S/C16H19NO4/c1-3-5-8-21-14-7-6-12(10-15(14)20-4-2)9-13(11-17)16(18)19/h6-7,9-10H,3-5,8H2,1-2H3,(H,18,19)/p-1/b13-9+. The number of aliphatic carboxylic acids is 1. The third-order valence-electron chi connectivity index (χ3n) is 2.67. The van der Waals surface area contributed by atoms with Crippen molar-refractivity contribution in [3.8, 4) is 17.6 Å². The van der Waals surface area contributed by atoms with E-state index in [-0.39, 0.29) is 0 Å². The summed E-state index contributed by atoms with van der Waals surface area (Å²) in [6.07, 6.45) is 3.21. The lowest BCUT2D eigenvalue weighted by Gasteiger charge is -2.12. The maximum Gasteiger partial charge on any atom is 0.161 e. The Kier molecular flexibility index (Phi) is 6.82. The number of rotatable bonds is 8. The molecule has 0 spiro atoms. The zero-order chi connectivity index (χ0) is 15.7. The van der Waals surface area contributed by atoms with Crippen LogP contribution in [0.5, 0.6) is 11.5 Å². The molecule has 0 fully saturated rings. The van der Waals surface area contributed by atoms with E-state index in [1.165, 1.54) is 6.08 Å². The van der Waals surface area contributed by atoms with Crippen LogP contribution in [0.15, 0.2) is 23.8 Å². The van der Waals surface area contributed by atoms with Gasteiger partial charge in [0.15, 0.2) is 11.5 Å². The minimum absolute atomic E-state index is 0.433. The van der Waals surface area contributed by atoms with Gasteiger partial charge >= 0.3 is 0 Å². The molecule has 5 nitrogen and oxygen atoms in total. The first kappa shape index (κ1) is 16.6. The van der Waals surface area contributed by atoms with E-state index < -0.39 is 11.5 Å². The summed E-state index contributed by atoms with van der Waals surface area (Å²) in [4.78, 5) is 10.7. The Labute approximate surface area is 124 Å². The molecule has 1 aromatic rings. The quantitative estimate of drug-likeness (QED) is 0.414. The number of carboxylic acid groups (broad SMARTS) is 1. The number of ether oxygens (including phenoxy) is 2. The summed E-state index contributed by atoms with van der Waals surface area (Å²) in [7, 11) is 0. The SMILES string of the molecule is CCCCOc1ccc(/C=C(\C#N)C(=O)[O-])cc1OCC. The molecule has 0 atom stereocenters. The number of hydrogen-bond acceptors (Lipinski definition) is 5. The molecule has 0 saturated heterocycles. The topological polar surface area (TPSA) is 82.4 Å². The smallest absolute Gasteiger partial charge is 0.161 e. The summed E-state index contributed by atoms with van der Waals surface area (Å²) in [5.74, 6) is -0.369. The predicted molar refractivity (Wildman–Crippen MR) is 76.6 cm³/mol. The van der Waals surface area contributed by atoms with Crippen LogP contribution in [-0.2, 0) is 4.79 Å². The predicted octanol–water partition coefficient (Wildman–Crippen LogP) is 1.92. The van der Waals surface area contributed by atoms with Gasteiger partial charge in [-0.25, -0.2) is 0 Å². The van der Waals surface area contributed by atoms with Gasteiger partial charge in [-0.3, -0.25) is 0 Å². The van der Waals surface area contributed by atoms with Gasteiger partial charge in [0.05, 0.1) is 24.8 Å². The van der Waals surface area contributed by atoms with Gasteiger partial charge < -0.3 is 19.4 Å². The van der Waals surface area contributed by atoms with Crippen LogP contribution < -0.4 is 14.6 Å². The molecule has 0 aliphatic rings. The van der Waals surface area contributed by atoms with Gasteiger partial charge in [0.2, 0.25) is 0 Å². The van der Waals surface area contributed by atoms with Crippen molar-refractivity contribution in [1.29, 1.82) is 5.26 Å². The molecule has 0 bridgehead atoms. The molecule has 0 aromatic heterocycles. The molecule has 0 unspecified atom stereocenters. The van der Waals surface area contributed by atoms with E-state index in [1.54, 1.807) is 24.3 Å². The first-order valence-electron chi connectivity index (χ1n) is 6.85. The summed E-state index contributed by atoms with van der Waals surface area (Å²) in [6, 6.07) is 6.60. The van der Waals surface area contributed by atoms with Crippen molar-refractivity contribution in [2.75, 3.05) is 13.2 Å². The highest BCUT2D eigenvalue weighted by atomic mass is 16.5. The Bertz CT molecular complexity index is 558. The number of carboxylic acids is 1. The molecule has 0 heterocycles. The Morgan fingerprint density at radius 2 is 2.10 bits per heavy atom. The second-order valence-electron chi connectivity index (χ2n) is 4.30. The van der Waals surface area contributed by atoms with Crippen molar-refractivity contribution < 1.29 is 19.4 Å². The highest BCUT2D eigenvalue weighted by molar-refractivity contribution is 5.95. The van der Waals surface area contributed by atoms with E-state index >= 15 is 0 Å². The summed E-state index contributed by atoms with van der Waals surface area (Å²) >= 11 is 0. The zero-order valence-electron chi connectivity index (χ0n) is 12.2. The van der Waals surface area contributed by atoms with Crippen molar-refractivity contribution in [3.05, 3.63) is 29.3 Å². The first-order chi connectivity index (χ1) is 10.1. The fourth-order valence-corrected chi connectivity index (χ4v) is 1.63. The molecule has 0 N–H and O–H groups in total. The van der Waals surface area contributed by atoms with Crippen LogP contribution >= 0.6 is 0 Å². The summed E-state index contributed by atoms with van der Waals surface area (Å²) < 4.78 is 11.1. The molecule has 112 valence electrons. The van der Waals surface area contributed by atoms with E-state index in [9.17, 15) is 9.90 Å². The van der Waals surface area contributed by atoms with Crippen LogP contribution in [-0.4, -0.2) is 19.2 Å². The normalized spacial score (nSPS) is 10.8. The van der Waals surface area contributed by atoms with Crippen LogP contribution in [0.1, 0.15) is 32.3 Å². The third-order valence-corrected chi connectivity index (χ3v) is 2.67. The van der Waals surface area contributed by atoms with Crippen molar-refractivity contribution in [1.82, 2.24) is 0 Å². The maximum absolute atomic E-state index is 10.7. The van der Waals surface area contributed by atoms with Crippen molar-refractivity contribution in [3.63, 3.8) is 0 Å². The lowest BCUT2D eigenvalue weighted by molar-refractivity contribution is -0.298. The minimum atomic E-state index is -1.50. The summed E-state index contributed by atoms with van der Waals surface area (Å²) in [5.41, 5.74) is 0.110. The van der Waals surface area contributed by atoms with E-state index in [2.05, 4.69) is 6.92 Å². The lowest BCUT2D eigenvalue weighted by Crippen LogP contribution is -2.23. The van der Waals surface area contributed by atoms with Crippen LogP contribution in [0, 0.1) is 11.3 Å². The van der Waals surface area contributed by atoms with Crippen molar-refractivity contribution >= 4 is 12.0 Å². The second kappa shape index (κ2) is 8.64. The largest absolute Gasteiger partial charge is 0.544 e. The van der Waals surface area contributed by atoms with Crippen LogP contribution in [0.25, 0.3) is 6.08 Å². The van der Waals surface area contributed by atoms with Crippen molar-refractivity contribution in [2.45, 2.75) is 26.7 Å². The highest BCUT2D eigenvalue weighted by Gasteiger charge is 2.06. The molecule has 0 amide bonds. The number of carbonyl (C=O) groups is 1. The number of hydrogen-bond donors (Lipinski definition) is 0. The Morgan fingerprint density at radius 3 is 2.67 bits per heavy atom. The Balaban J connectivity index is 3.02. The lowest BCUT2D eigenvalue weighted by atomic mass is 10.1. The van der Waals surface area contributed by atoms with Crippen LogP contribution in [0.3, 0.4) is 0 Å². The number of nitrogens with zero attached hydrogens (tertiary/aromatic N) is 1. The molecular formula is C16H18NO4-. The molecule has 0 aliphatic heterocycles. The van der Waals surface area contributed by atoms with Gasteiger partial charge in [-0.1, -0.05) is 19.4 Å². The number of unbranched alkanes of at least 4 members (excludes halogenated alkanes) is 1. The van der Waals surface area contributed by atoms with Crippen LogP contribution in [0.4, 0.5) is 0 Å². The molecule has 1 rings (SSSR count). The van der Waals surface area contributed by atoms with Crippen LogP contribution in [0.2, 0.25) is 0 Å². The zero-order valence-corrected chi connectivity index (χ0v) is 12.2. The third kappa shape index (κ3) is 5.19. The minimum Gasteiger partial charge on any atom is -0.544 e. The fourth-order valence-electron chi connectivity index (χ4n) is 1.63. The van der Waals surface area contributed by atoms with Gasteiger partial charge in [0.1, 0.15) is 6.07 Å². The number of carbonyl (C=O) groups excluding carboxylic acids is 1. The molecule has 5 heteroatoms. The first-order valence-corrected chi connectivity index (χ1v) is 6.85. The molecule has 1 aromatic carbocycles. The van der Waals surface area contributed by atoms with Gasteiger partial charge in [-0.2, -0.15) is 5.26 Å². The molecule has 0 aliphatic carbocycles. The van der Waals surface area contributed by atoms with E-state index in [0.29, 0.717) is 30.3 Å². The summed E-state index contributed by atoms with van der Waals surface area (Å²) in [5, 5.41) is 19.5. The number of benzene rings is 1. The molecule has 21 heavy (non-hydrogen) atoms. The monoisotopic (exact) mass is 288 g/mol. The highest BCUT2D eigenvalue weighted by Crippen LogP contribution is 2.29. The molecule has 0 radical (unpaired) electrons. The van der Waals surface area contributed by atoms with Gasteiger partial charge in [0, 0.05) is 0 Å². The Hall–Kier alpha value is -2.48. The van der Waals surface area contributed by atoms with E-state index in [4.69, 9.17) is 14.7 Å². The average Bonchev–Trinajstić information content (AvgIpc) is 2.47. The van der Waals surface area contributed by atoms with Gasteiger partial charge in [0.25, 0.3) is 0 Å². The fraction of sp³-hybridized carbons (Fsp3) is 0.375. The van der Waals surface area contributed by atoms with Gasteiger partial charge in [-0.05, 0) is 37.1 Å². The number of nitriles is 1. The average molecular weight is 288 g/mol. The molecular weight excluding hydrogens is 270 g/mol. The second-order valence-corrected chi connectivity index (χ2v) is 4.30. The maximum atomic E-state index is 10.7. The van der Waals surface area contributed by atoms with E-state index in [1.807, 2.05) is 6.92 Å². The van der Waals surface area contributed by atoms with E-state index in [0.717, 1.165) is 12.8 Å². The molecule has 0 saturated carbocycles.